The second-order valence-corrected chi connectivity index (χ2v) is 4.79. The highest BCUT2D eigenvalue weighted by molar-refractivity contribution is 6.32. The number of methoxy groups -OCH3 is 1. The van der Waals surface area contributed by atoms with Gasteiger partial charge in [0.25, 0.3) is 0 Å². The van der Waals surface area contributed by atoms with E-state index in [-0.39, 0.29) is 12.5 Å². The van der Waals surface area contributed by atoms with E-state index in [1.165, 1.54) is 11.8 Å². The smallest absolute Gasteiger partial charge is 0.246 e. The van der Waals surface area contributed by atoms with Crippen molar-refractivity contribution in [3.8, 4) is 5.75 Å². The van der Waals surface area contributed by atoms with Gasteiger partial charge in [-0.25, -0.2) is 4.68 Å². The molecular weight excluding hydrogens is 294 g/mol. The van der Waals surface area contributed by atoms with Gasteiger partial charge < -0.3 is 15.8 Å². The second-order valence-electron chi connectivity index (χ2n) is 4.38. The molecule has 0 saturated carbocycles. The van der Waals surface area contributed by atoms with Gasteiger partial charge in [-0.15, -0.1) is 5.10 Å². The fraction of sp³-hybridized carbons (Fsp3) is 0.308. The lowest BCUT2D eigenvalue weighted by atomic mass is 10.3. The molecule has 0 aliphatic rings. The van der Waals surface area contributed by atoms with E-state index < -0.39 is 0 Å². The number of halogens is 1. The molecule has 0 radical (unpaired) electrons. The zero-order chi connectivity index (χ0) is 15.4. The van der Waals surface area contributed by atoms with E-state index in [9.17, 15) is 4.79 Å². The average molecular weight is 310 g/mol. The van der Waals surface area contributed by atoms with E-state index >= 15 is 0 Å². The zero-order valence-corrected chi connectivity index (χ0v) is 12.5. The Labute approximate surface area is 127 Å². The molecule has 0 aliphatic carbocycles. The van der Waals surface area contributed by atoms with Crippen LogP contribution in [0.2, 0.25) is 5.02 Å². The Morgan fingerprint density at radius 3 is 2.86 bits per heavy atom. The lowest BCUT2D eigenvalue weighted by molar-refractivity contribution is -0.117. The van der Waals surface area contributed by atoms with Crippen molar-refractivity contribution in [3.63, 3.8) is 0 Å². The molecule has 0 bridgehead atoms. The summed E-state index contributed by atoms with van der Waals surface area (Å²) in [6.45, 7) is 2.17. The molecule has 1 amide bonds. The molecule has 7 nitrogen and oxygen atoms in total. The van der Waals surface area contributed by atoms with E-state index in [2.05, 4.69) is 15.6 Å². The number of hydrogen-bond donors (Lipinski definition) is 2. The topological polar surface area (TPSA) is 95.1 Å². The Hall–Kier alpha value is -2.12. The van der Waals surface area contributed by atoms with E-state index in [0.717, 1.165) is 5.69 Å². The maximum Gasteiger partial charge on any atom is 0.246 e. The van der Waals surface area contributed by atoms with Gasteiger partial charge in [0.2, 0.25) is 5.91 Å². The third-order valence-electron chi connectivity index (χ3n) is 3.00. The van der Waals surface area contributed by atoms with E-state index in [1.807, 2.05) is 6.92 Å². The number of nitrogens with zero attached hydrogens (tertiary/aromatic N) is 3. The van der Waals surface area contributed by atoms with Gasteiger partial charge in [-0.1, -0.05) is 16.8 Å². The molecule has 1 aromatic carbocycles. The molecule has 112 valence electrons. The number of hydrogen-bond acceptors (Lipinski definition) is 5. The van der Waals surface area contributed by atoms with Crippen LogP contribution in [-0.2, 0) is 17.9 Å². The molecule has 0 unspecified atom stereocenters. The minimum Gasteiger partial charge on any atom is -0.495 e. The number of amides is 1. The number of anilines is 1. The predicted molar refractivity (Wildman–Crippen MR) is 79.3 cm³/mol. The molecule has 1 aromatic heterocycles. The standard InChI is InChI=1S/C13H16ClN5O2/c1-8-11(6-15)17-18-19(8)7-13(20)16-9-3-4-12(21-2)10(14)5-9/h3-5H,6-7,15H2,1-2H3,(H,16,20). The minimum absolute atomic E-state index is 0.0580. The third kappa shape index (κ3) is 3.50. The number of aromatic nitrogens is 3. The molecule has 2 aromatic rings. The van der Waals surface area contributed by atoms with Crippen LogP contribution in [0.25, 0.3) is 0 Å². The highest BCUT2D eigenvalue weighted by Gasteiger charge is 2.11. The average Bonchev–Trinajstić information content (AvgIpc) is 2.79. The number of ether oxygens (including phenoxy) is 1. The first-order valence-corrected chi connectivity index (χ1v) is 6.65. The first-order chi connectivity index (χ1) is 10.0. The normalized spacial score (nSPS) is 10.5. The molecule has 0 fully saturated rings. The van der Waals surface area contributed by atoms with Gasteiger partial charge in [-0.05, 0) is 25.1 Å². The van der Waals surface area contributed by atoms with Crippen LogP contribution < -0.4 is 15.8 Å². The van der Waals surface area contributed by atoms with Crippen molar-refractivity contribution in [2.75, 3.05) is 12.4 Å². The van der Waals surface area contributed by atoms with Crippen LogP contribution in [0.15, 0.2) is 18.2 Å². The molecule has 0 spiro atoms. The summed E-state index contributed by atoms with van der Waals surface area (Å²) in [6, 6.07) is 5.02. The van der Waals surface area contributed by atoms with E-state index in [0.29, 0.717) is 28.7 Å². The first kappa shape index (κ1) is 15.3. The quantitative estimate of drug-likeness (QED) is 0.869. The van der Waals surface area contributed by atoms with Gasteiger partial charge in [0.05, 0.1) is 23.5 Å². The van der Waals surface area contributed by atoms with Gasteiger partial charge in [0.15, 0.2) is 0 Å². The number of carbonyl (C=O) groups excluding carboxylic acids is 1. The predicted octanol–water partition coefficient (Wildman–Crippen LogP) is 1.35. The summed E-state index contributed by atoms with van der Waals surface area (Å²) in [6.07, 6.45) is 0. The van der Waals surface area contributed by atoms with Crippen LogP contribution in [0.1, 0.15) is 11.4 Å². The largest absolute Gasteiger partial charge is 0.495 e. The summed E-state index contributed by atoms with van der Waals surface area (Å²) in [5.74, 6) is 0.321. The second kappa shape index (κ2) is 6.55. The number of carbonyl (C=O) groups is 1. The summed E-state index contributed by atoms with van der Waals surface area (Å²) in [4.78, 5) is 12.0. The van der Waals surface area contributed by atoms with Gasteiger partial charge in [0, 0.05) is 12.2 Å². The van der Waals surface area contributed by atoms with Crippen molar-refractivity contribution in [3.05, 3.63) is 34.6 Å². The van der Waals surface area contributed by atoms with Crippen LogP contribution in [0.5, 0.6) is 5.75 Å². The van der Waals surface area contributed by atoms with Crippen LogP contribution in [0, 0.1) is 6.92 Å². The number of nitrogens with one attached hydrogen (secondary N) is 1. The van der Waals surface area contributed by atoms with Crippen LogP contribution >= 0.6 is 11.6 Å². The van der Waals surface area contributed by atoms with Gasteiger partial charge in [-0.3, -0.25) is 4.79 Å². The van der Waals surface area contributed by atoms with Crippen molar-refractivity contribution >= 4 is 23.2 Å². The molecule has 2 rings (SSSR count). The zero-order valence-electron chi connectivity index (χ0n) is 11.8. The molecule has 8 heteroatoms. The molecule has 1 heterocycles. The Morgan fingerprint density at radius 1 is 1.52 bits per heavy atom. The molecule has 21 heavy (non-hydrogen) atoms. The molecule has 3 N–H and O–H groups in total. The van der Waals surface area contributed by atoms with Crippen molar-refractivity contribution in [1.82, 2.24) is 15.0 Å². The summed E-state index contributed by atoms with van der Waals surface area (Å²) in [5, 5.41) is 11.0. The van der Waals surface area contributed by atoms with Crippen molar-refractivity contribution in [2.24, 2.45) is 5.73 Å². The molecule has 0 aliphatic heterocycles. The fourth-order valence-electron chi connectivity index (χ4n) is 1.82. The summed E-state index contributed by atoms with van der Waals surface area (Å²) in [7, 11) is 1.53. The van der Waals surface area contributed by atoms with Crippen molar-refractivity contribution in [2.45, 2.75) is 20.0 Å². The fourth-order valence-corrected chi connectivity index (χ4v) is 2.07. The highest BCUT2D eigenvalue weighted by atomic mass is 35.5. The van der Waals surface area contributed by atoms with Crippen molar-refractivity contribution in [1.29, 1.82) is 0 Å². The Balaban J connectivity index is 2.04. The van der Waals surface area contributed by atoms with Crippen molar-refractivity contribution < 1.29 is 9.53 Å². The molecule has 0 atom stereocenters. The summed E-state index contributed by atoms with van der Waals surface area (Å²) in [5.41, 5.74) is 7.56. The Kier molecular flexibility index (Phi) is 4.77. The van der Waals surface area contributed by atoms with Gasteiger partial charge >= 0.3 is 0 Å². The minimum atomic E-state index is -0.229. The van der Waals surface area contributed by atoms with E-state index in [1.54, 1.807) is 18.2 Å². The lowest BCUT2D eigenvalue weighted by Crippen LogP contribution is -2.20. The number of benzene rings is 1. The lowest BCUT2D eigenvalue weighted by Gasteiger charge is -2.08. The SMILES string of the molecule is COc1ccc(NC(=O)Cn2nnc(CN)c2C)cc1Cl. The maximum absolute atomic E-state index is 12.0. The monoisotopic (exact) mass is 309 g/mol. The van der Waals surface area contributed by atoms with Crippen LogP contribution in [0.3, 0.4) is 0 Å². The molecule has 0 saturated heterocycles. The summed E-state index contributed by atoms with van der Waals surface area (Å²) >= 11 is 6.00. The highest BCUT2D eigenvalue weighted by Crippen LogP contribution is 2.27. The first-order valence-electron chi connectivity index (χ1n) is 6.27. The van der Waals surface area contributed by atoms with Crippen LogP contribution in [-0.4, -0.2) is 28.0 Å². The van der Waals surface area contributed by atoms with Crippen LogP contribution in [0.4, 0.5) is 5.69 Å². The van der Waals surface area contributed by atoms with Gasteiger partial charge in [-0.2, -0.15) is 0 Å². The Bertz CT molecular complexity index is 656. The molecular formula is C13H16ClN5O2. The van der Waals surface area contributed by atoms with Gasteiger partial charge in [0.1, 0.15) is 12.3 Å². The number of rotatable bonds is 5. The Morgan fingerprint density at radius 2 is 2.29 bits per heavy atom. The van der Waals surface area contributed by atoms with E-state index in [4.69, 9.17) is 22.1 Å². The third-order valence-corrected chi connectivity index (χ3v) is 3.30. The summed E-state index contributed by atoms with van der Waals surface area (Å²) < 4.78 is 6.56. The maximum atomic E-state index is 12.0. The number of nitrogens with two attached hydrogens (primary N) is 1.